The fourth-order valence-corrected chi connectivity index (χ4v) is 8.29. The number of fused-ring (bicyclic) bond motifs is 2. The summed E-state index contributed by atoms with van der Waals surface area (Å²) in [6.07, 6.45) is 0. The number of phenolic OH excluding ortho intramolecular Hbond substituents is 2. The van der Waals surface area contributed by atoms with Crippen molar-refractivity contribution in [3.63, 3.8) is 0 Å². The van der Waals surface area contributed by atoms with Crippen LogP contribution in [0.3, 0.4) is 0 Å². The fraction of sp³-hybridized carbons (Fsp3) is 0.103. The first kappa shape index (κ1) is 52.7. The second-order valence-electron chi connectivity index (χ2n) is 14.1. The summed E-state index contributed by atoms with van der Waals surface area (Å²) in [6, 6.07) is 22.2. The number of amidine groups is 1. The van der Waals surface area contributed by atoms with E-state index in [1.807, 2.05) is 6.07 Å². The predicted octanol–water partition coefficient (Wildman–Crippen LogP) is 8.60. The van der Waals surface area contributed by atoms with E-state index in [1.165, 1.54) is 20.1 Å². The second kappa shape index (κ2) is 22.0. The van der Waals surface area contributed by atoms with Gasteiger partial charge in [0.05, 0.1) is 63.6 Å². The number of nitrogens with one attached hydrogen (secondary N) is 3. The van der Waals surface area contributed by atoms with Crippen molar-refractivity contribution in [3.8, 4) is 17.2 Å². The van der Waals surface area contributed by atoms with E-state index >= 15 is 0 Å². The zero-order valence-corrected chi connectivity index (χ0v) is 39.7. The molecule has 1 aliphatic heterocycles. The quantitative estimate of drug-likeness (QED) is 0.00821. The van der Waals surface area contributed by atoms with Crippen LogP contribution in [0.2, 0.25) is 0 Å². The Morgan fingerprint density at radius 2 is 1.43 bits per heavy atom. The van der Waals surface area contributed by atoms with Crippen molar-refractivity contribution in [2.75, 3.05) is 24.7 Å². The molecule has 0 spiro atoms. The first-order valence-electron chi connectivity index (χ1n) is 19.2. The van der Waals surface area contributed by atoms with E-state index in [4.69, 9.17) is 14.5 Å². The minimum absolute atomic E-state index is 0. The number of phenols is 2. The molecule has 1 aliphatic rings. The number of methoxy groups -OCH3 is 1. The van der Waals surface area contributed by atoms with Crippen LogP contribution in [0.1, 0.15) is 6.92 Å². The number of nitrogens with zero attached hydrogens (tertiary/aromatic N) is 8. The van der Waals surface area contributed by atoms with E-state index in [1.54, 1.807) is 54.6 Å². The third-order valence-corrected chi connectivity index (χ3v) is 12.4. The average molecular weight is 1090 g/mol. The largest absolute Gasteiger partial charge is 0.506 e. The molecule has 0 aromatic heterocycles. The predicted molar refractivity (Wildman–Crippen MR) is 254 cm³/mol. The molecule has 31 heteroatoms. The van der Waals surface area contributed by atoms with Crippen LogP contribution in [0.15, 0.2) is 141 Å². The maximum Gasteiger partial charge on any atom is 0.411 e. The van der Waals surface area contributed by atoms with E-state index in [0.29, 0.717) is 32.7 Å². The monoisotopic (exact) mass is 1090 g/mol. The van der Waals surface area contributed by atoms with Gasteiger partial charge in [-0.05, 0) is 60.0 Å². The van der Waals surface area contributed by atoms with Crippen LogP contribution in [-0.2, 0) is 46.7 Å². The van der Waals surface area contributed by atoms with E-state index in [0.717, 1.165) is 36.3 Å². The smallest absolute Gasteiger partial charge is 0.411 e. The molecule has 371 valence electrons. The summed E-state index contributed by atoms with van der Waals surface area (Å²) in [5.41, 5.74) is 0.0706. The molecule has 0 saturated heterocycles. The Labute approximate surface area is 411 Å². The maximum absolute atomic E-state index is 12.4. The van der Waals surface area contributed by atoms with E-state index in [9.17, 15) is 45.3 Å². The van der Waals surface area contributed by atoms with Crippen LogP contribution in [0.5, 0.6) is 17.2 Å². The van der Waals surface area contributed by atoms with Crippen molar-refractivity contribution < 1.29 is 86.2 Å². The van der Waals surface area contributed by atoms with Gasteiger partial charge in [0, 0.05) is 51.8 Å². The molecular weight excluding hydrogens is 1050 g/mol. The summed E-state index contributed by atoms with van der Waals surface area (Å²) in [5, 5.41) is 68.9. The van der Waals surface area contributed by atoms with Crippen LogP contribution >= 0.6 is 22.9 Å². The molecular formula is C39H36CuN11O15S4+. The minimum atomic E-state index is -4.99. The van der Waals surface area contributed by atoms with Crippen LogP contribution in [0.25, 0.3) is 21.5 Å². The Bertz CT molecular complexity index is 3430. The van der Waals surface area contributed by atoms with Gasteiger partial charge in [0.15, 0.2) is 11.6 Å². The van der Waals surface area contributed by atoms with Crippen LogP contribution < -0.4 is 25.4 Å². The number of hydrogen-bond acceptors (Lipinski definition) is 24. The third kappa shape index (κ3) is 13.0. The van der Waals surface area contributed by atoms with Crippen LogP contribution in [0.4, 0.5) is 39.8 Å². The average Bonchev–Trinajstić information content (AvgIpc) is 3.28. The number of aliphatic imine (C=N–C) groups is 1. The molecule has 0 amide bonds. The molecule has 70 heavy (non-hydrogen) atoms. The summed E-state index contributed by atoms with van der Waals surface area (Å²) in [7, 11) is -12.8. The number of rotatable bonds is 16. The Morgan fingerprint density at radius 1 is 0.786 bits per heavy atom. The molecule has 0 saturated carbocycles. The Hall–Kier alpha value is -6.64. The molecule has 6 aromatic carbocycles. The van der Waals surface area contributed by atoms with Gasteiger partial charge in [0.2, 0.25) is 0 Å². The SMILES string of the molecule is COc1cc(N=Nc2c(S(O)(O)O)cc3cc(S(=O)(=O)O)cc(NC4=[N+]=C(NCCS(=O)(=O)O)NC(C)=N4)c3c2O)c(O)cc1N=Nc1ccc(N=Nc2ccc(SOOO)cc2)c2ccccc12.[Cu]. The summed E-state index contributed by atoms with van der Waals surface area (Å²) in [4.78, 5) is 3.19. The van der Waals surface area contributed by atoms with E-state index < -0.39 is 63.8 Å². The minimum Gasteiger partial charge on any atom is -0.506 e. The Morgan fingerprint density at radius 3 is 2.04 bits per heavy atom. The molecule has 6 aromatic rings. The number of benzene rings is 6. The van der Waals surface area contributed by atoms with Gasteiger partial charge in [-0.2, -0.15) is 21.9 Å². The second-order valence-corrected chi connectivity index (χ2v) is 19.3. The number of hydrogen-bond donors (Lipinski definition) is 11. The molecule has 0 aliphatic carbocycles. The molecule has 7 rings (SSSR count). The van der Waals surface area contributed by atoms with Crippen molar-refractivity contribution in [3.05, 3.63) is 91.0 Å². The van der Waals surface area contributed by atoms with Crippen LogP contribution in [0, 0.1) is 0 Å². The van der Waals surface area contributed by atoms with Crippen molar-refractivity contribution >= 4 is 122 Å². The molecule has 0 unspecified atom stereocenters. The number of guanidine groups is 2. The van der Waals surface area contributed by atoms with Gasteiger partial charge in [-0.1, -0.05) is 34.3 Å². The van der Waals surface area contributed by atoms with Gasteiger partial charge in [0.1, 0.15) is 45.2 Å². The number of azo groups is 3. The van der Waals surface area contributed by atoms with Crippen molar-refractivity contribution in [1.82, 2.24) is 15.3 Å². The van der Waals surface area contributed by atoms with Crippen molar-refractivity contribution in [1.29, 1.82) is 0 Å². The maximum atomic E-state index is 12.4. The number of anilines is 1. The number of ether oxygens (including phenoxy) is 1. The Kier molecular flexibility index (Phi) is 16.6. The summed E-state index contributed by atoms with van der Waals surface area (Å²) < 4.78 is 112. The van der Waals surface area contributed by atoms with E-state index in [2.05, 4.69) is 65.7 Å². The van der Waals surface area contributed by atoms with Gasteiger partial charge >= 0.3 is 11.9 Å². The van der Waals surface area contributed by atoms with Gasteiger partial charge < -0.3 is 28.6 Å². The van der Waals surface area contributed by atoms with Crippen molar-refractivity contribution in [2.45, 2.75) is 21.6 Å². The molecule has 0 fully saturated rings. The van der Waals surface area contributed by atoms with Gasteiger partial charge in [0.25, 0.3) is 20.2 Å². The molecule has 0 bridgehead atoms. The molecule has 0 atom stereocenters. The fourth-order valence-electron chi connectivity index (χ4n) is 6.34. The van der Waals surface area contributed by atoms with Crippen LogP contribution in [-0.4, -0.2) is 92.2 Å². The molecule has 1 heterocycles. The first-order valence-corrected chi connectivity index (χ1v) is 24.5. The topological polar surface area (TPSA) is 395 Å². The molecule has 26 nitrogen and oxygen atoms in total. The summed E-state index contributed by atoms with van der Waals surface area (Å²) in [6.45, 7) is 1.19. The van der Waals surface area contributed by atoms with Gasteiger partial charge in [-0.25, -0.2) is 15.2 Å². The van der Waals surface area contributed by atoms with E-state index in [-0.39, 0.29) is 75.0 Å². The van der Waals surface area contributed by atoms with Gasteiger partial charge in [-0.15, -0.1) is 29.9 Å². The molecule has 1 radical (unpaired) electrons. The molecule has 11 N–H and O–H groups in total. The van der Waals surface area contributed by atoms with Gasteiger partial charge in [-0.3, -0.25) is 19.7 Å². The third-order valence-electron chi connectivity index (χ3n) is 9.35. The summed E-state index contributed by atoms with van der Waals surface area (Å²) in [5.74, 6) is -2.32. The Balaban J connectivity index is 0.00000804. The number of aromatic hydroxyl groups is 2. The first-order chi connectivity index (χ1) is 32.7. The standard InChI is InChI=1S/C39H35N11O15S4.Cu/c1-20-41-38(40-13-14-67(54,55)56)44-39(42-20)43-31-17-24(68(57,58)59)15-21-16-34(69(60,61)62)36(37(52)35(21)31)50-48-29-19-33(63-2)30(18-32(29)51)49-47-28-12-11-27(25-5-3-4-6-26(25)28)46-45-22-7-9-23(10-8-22)66-65-64-53;/h3-12,15-19H,13-14H2,1-2H3,(H10,40,41,42,43,44,45,46,47,48,49,50,51,52,53,54,55,56,57,58,59,60,61,62);/p+1. The normalized spacial score (nSPS) is 13.6. The zero-order valence-electron chi connectivity index (χ0n) is 35.5. The van der Waals surface area contributed by atoms with Crippen molar-refractivity contribution in [2.24, 2.45) is 35.7 Å². The summed E-state index contributed by atoms with van der Waals surface area (Å²) >= 11 is 0.796. The zero-order chi connectivity index (χ0) is 49.7.